The quantitative estimate of drug-likeness (QED) is 0.529. The minimum atomic E-state index is 0.321. The van der Waals surface area contributed by atoms with E-state index in [-0.39, 0.29) is 0 Å². The first-order chi connectivity index (χ1) is 16.2. The Bertz CT molecular complexity index is 1300. The first-order valence-electron chi connectivity index (χ1n) is 11.5. The zero-order valence-corrected chi connectivity index (χ0v) is 18.8. The molecule has 0 spiro atoms. The molecule has 166 valence electrons. The molecule has 1 N–H and O–H groups in total. The predicted molar refractivity (Wildman–Crippen MR) is 129 cm³/mol. The van der Waals surface area contributed by atoms with Crippen LogP contribution in [0.4, 0.5) is 5.82 Å². The molecule has 2 aliphatic rings. The van der Waals surface area contributed by atoms with Crippen molar-refractivity contribution in [1.82, 2.24) is 10.2 Å². The van der Waals surface area contributed by atoms with E-state index in [0.29, 0.717) is 6.79 Å². The fraction of sp³-hybridized carbons (Fsp3) is 0.259. The zero-order chi connectivity index (χ0) is 22.2. The van der Waals surface area contributed by atoms with Crippen LogP contribution < -0.4 is 19.3 Å². The van der Waals surface area contributed by atoms with E-state index in [1.807, 2.05) is 6.07 Å². The molecule has 0 bridgehead atoms. The number of nitrogens with one attached hydrogen (secondary N) is 1. The Morgan fingerprint density at radius 1 is 0.848 bits per heavy atom. The van der Waals surface area contributed by atoms with Crippen molar-refractivity contribution in [1.29, 1.82) is 0 Å². The molecule has 1 fully saturated rings. The second-order valence-corrected chi connectivity index (χ2v) is 8.89. The number of aromatic nitrogens is 2. The lowest BCUT2D eigenvalue weighted by atomic mass is 10.0. The largest absolute Gasteiger partial charge is 0.454 e. The molecular weight excluding hydrogens is 412 g/mol. The lowest BCUT2D eigenvalue weighted by Gasteiger charge is -2.33. The molecule has 1 aromatic heterocycles. The number of ether oxygens (including phenoxy) is 2. The number of rotatable bonds is 4. The highest BCUT2D eigenvalue weighted by molar-refractivity contribution is 6.00. The molecule has 3 aromatic carbocycles. The summed E-state index contributed by atoms with van der Waals surface area (Å²) in [5.41, 5.74) is 4.58. The number of anilines is 1. The average Bonchev–Trinajstić information content (AvgIpc) is 3.33. The van der Waals surface area contributed by atoms with Crippen LogP contribution in [0.15, 0.2) is 66.7 Å². The van der Waals surface area contributed by atoms with Gasteiger partial charge in [0.25, 0.3) is 0 Å². The van der Waals surface area contributed by atoms with Crippen LogP contribution in [0.3, 0.4) is 0 Å². The number of aryl methyl sites for hydroxylation is 1. The van der Waals surface area contributed by atoms with Crippen LogP contribution >= 0.6 is 0 Å². The first kappa shape index (κ1) is 20.0. The Labute approximate surface area is 193 Å². The monoisotopic (exact) mass is 439 g/mol. The van der Waals surface area contributed by atoms with E-state index in [2.05, 4.69) is 77.6 Å². The summed E-state index contributed by atoms with van der Waals surface area (Å²) >= 11 is 0. The summed E-state index contributed by atoms with van der Waals surface area (Å²) in [5, 5.41) is 11.7. The number of hydrogen-bond donors (Lipinski definition) is 1. The van der Waals surface area contributed by atoms with E-state index in [9.17, 15) is 0 Å². The number of fused-ring (bicyclic) bond motifs is 2. The zero-order valence-electron chi connectivity index (χ0n) is 18.8. The fourth-order valence-electron chi connectivity index (χ4n) is 4.80. The van der Waals surface area contributed by atoms with Crippen LogP contribution in [-0.4, -0.2) is 43.2 Å². The van der Waals surface area contributed by atoms with Gasteiger partial charge in [-0.1, -0.05) is 54.1 Å². The molecule has 0 atom stereocenters. The van der Waals surface area contributed by atoms with Crippen LogP contribution in [-0.2, 0) is 6.54 Å². The molecular formula is C27H27N4O2+. The lowest BCUT2D eigenvalue weighted by Crippen LogP contribution is -3.13. The van der Waals surface area contributed by atoms with Crippen LogP contribution in [0.25, 0.3) is 22.0 Å². The third kappa shape index (κ3) is 3.87. The Hall–Kier alpha value is -3.64. The van der Waals surface area contributed by atoms with Crippen molar-refractivity contribution in [3.63, 3.8) is 0 Å². The molecule has 33 heavy (non-hydrogen) atoms. The second kappa shape index (κ2) is 8.37. The SMILES string of the molecule is Cc1ccc(-c2nnc(N3CC[NH+](Cc4ccc5c(c4)OCO5)CC3)c3ccccc23)cc1. The van der Waals surface area contributed by atoms with Gasteiger partial charge in [0, 0.05) is 21.9 Å². The van der Waals surface area contributed by atoms with Gasteiger partial charge in [0.2, 0.25) is 6.79 Å². The van der Waals surface area contributed by atoms with E-state index in [1.54, 1.807) is 4.90 Å². The van der Waals surface area contributed by atoms with Crippen molar-refractivity contribution in [2.24, 2.45) is 0 Å². The summed E-state index contributed by atoms with van der Waals surface area (Å²) < 4.78 is 11.0. The molecule has 0 radical (unpaired) electrons. The molecule has 0 unspecified atom stereocenters. The van der Waals surface area contributed by atoms with Crippen molar-refractivity contribution in [3.05, 3.63) is 77.9 Å². The topological polar surface area (TPSA) is 51.9 Å². The third-order valence-corrected chi connectivity index (χ3v) is 6.65. The third-order valence-electron chi connectivity index (χ3n) is 6.65. The highest BCUT2D eigenvalue weighted by atomic mass is 16.7. The van der Waals surface area contributed by atoms with Crippen molar-refractivity contribution in [2.75, 3.05) is 37.9 Å². The molecule has 6 nitrogen and oxygen atoms in total. The Kier molecular flexibility index (Phi) is 5.07. The maximum Gasteiger partial charge on any atom is 0.231 e. The Morgan fingerprint density at radius 2 is 1.61 bits per heavy atom. The van der Waals surface area contributed by atoms with Gasteiger partial charge < -0.3 is 19.3 Å². The molecule has 0 aliphatic carbocycles. The minimum absolute atomic E-state index is 0.321. The van der Waals surface area contributed by atoms with Gasteiger partial charge in [0.05, 0.1) is 26.2 Å². The molecule has 1 saturated heterocycles. The summed E-state index contributed by atoms with van der Waals surface area (Å²) in [4.78, 5) is 3.95. The highest BCUT2D eigenvalue weighted by Gasteiger charge is 2.24. The summed E-state index contributed by atoms with van der Waals surface area (Å²) in [6, 6.07) is 23.3. The lowest BCUT2D eigenvalue weighted by molar-refractivity contribution is -0.914. The van der Waals surface area contributed by atoms with Crippen LogP contribution in [0.2, 0.25) is 0 Å². The predicted octanol–water partition coefficient (Wildman–Crippen LogP) is 3.24. The maximum absolute atomic E-state index is 5.54. The molecule has 3 heterocycles. The van der Waals surface area contributed by atoms with Gasteiger partial charge in [-0.25, -0.2) is 0 Å². The van der Waals surface area contributed by atoms with Crippen LogP contribution in [0.5, 0.6) is 11.5 Å². The van der Waals surface area contributed by atoms with Crippen molar-refractivity contribution >= 4 is 16.6 Å². The van der Waals surface area contributed by atoms with Gasteiger partial charge in [0.15, 0.2) is 17.3 Å². The average molecular weight is 440 g/mol. The smallest absolute Gasteiger partial charge is 0.231 e. The van der Waals surface area contributed by atoms with Gasteiger partial charge in [-0.15, -0.1) is 10.2 Å². The van der Waals surface area contributed by atoms with Gasteiger partial charge in [-0.3, -0.25) is 0 Å². The second-order valence-electron chi connectivity index (χ2n) is 8.89. The number of hydrogen-bond acceptors (Lipinski definition) is 5. The first-order valence-corrected chi connectivity index (χ1v) is 11.5. The molecule has 6 heteroatoms. The minimum Gasteiger partial charge on any atom is -0.454 e. The standard InChI is InChI=1S/C27H26N4O2/c1-19-6-9-21(10-7-19)26-22-4-2-3-5-23(22)27(29-28-26)31-14-12-30(13-15-31)17-20-8-11-24-25(16-20)33-18-32-24/h2-11,16H,12-15,17-18H2,1H3/p+1. The molecule has 6 rings (SSSR count). The van der Waals surface area contributed by atoms with E-state index in [0.717, 1.165) is 66.7 Å². The van der Waals surface area contributed by atoms with E-state index in [1.165, 1.54) is 16.5 Å². The Balaban J connectivity index is 1.21. The summed E-state index contributed by atoms with van der Waals surface area (Å²) in [6.07, 6.45) is 0. The van der Waals surface area contributed by atoms with Crippen molar-refractivity contribution in [2.45, 2.75) is 13.5 Å². The van der Waals surface area contributed by atoms with Crippen LogP contribution in [0.1, 0.15) is 11.1 Å². The van der Waals surface area contributed by atoms with Gasteiger partial charge in [0.1, 0.15) is 12.2 Å². The number of quaternary nitrogens is 1. The molecule has 2 aliphatic heterocycles. The summed E-state index contributed by atoms with van der Waals surface area (Å²) in [6.45, 7) is 7.45. The molecule has 4 aromatic rings. The maximum atomic E-state index is 5.54. The van der Waals surface area contributed by atoms with Gasteiger partial charge >= 0.3 is 0 Å². The number of benzene rings is 3. The van der Waals surface area contributed by atoms with Crippen molar-refractivity contribution in [3.8, 4) is 22.8 Å². The van der Waals surface area contributed by atoms with Gasteiger partial charge in [-0.05, 0) is 25.1 Å². The normalized spacial score (nSPS) is 15.8. The number of nitrogens with zero attached hydrogens (tertiary/aromatic N) is 3. The van der Waals surface area contributed by atoms with E-state index < -0.39 is 0 Å². The Morgan fingerprint density at radius 3 is 2.42 bits per heavy atom. The number of piperazine rings is 1. The van der Waals surface area contributed by atoms with E-state index >= 15 is 0 Å². The van der Waals surface area contributed by atoms with Gasteiger partial charge in [-0.2, -0.15) is 0 Å². The fourth-order valence-corrected chi connectivity index (χ4v) is 4.80. The van der Waals surface area contributed by atoms with Crippen LogP contribution in [0, 0.1) is 6.92 Å². The molecule has 0 amide bonds. The van der Waals surface area contributed by atoms with Crippen molar-refractivity contribution < 1.29 is 14.4 Å². The van der Waals surface area contributed by atoms with E-state index in [4.69, 9.17) is 14.6 Å². The highest BCUT2D eigenvalue weighted by Crippen LogP contribution is 2.33. The summed E-state index contributed by atoms with van der Waals surface area (Å²) in [5.74, 6) is 2.70. The molecule has 0 saturated carbocycles. The summed E-state index contributed by atoms with van der Waals surface area (Å²) in [7, 11) is 0.